The second-order valence-electron chi connectivity index (χ2n) is 7.21. The first-order chi connectivity index (χ1) is 12.6. The molecule has 4 rings (SSSR count). The zero-order valence-electron chi connectivity index (χ0n) is 15.0. The molecule has 0 aliphatic carbocycles. The van der Waals surface area contributed by atoms with Gasteiger partial charge in [0.2, 0.25) is 0 Å². The second kappa shape index (κ2) is 6.92. The average Bonchev–Trinajstić information content (AvgIpc) is 3.27. The maximum Gasteiger partial charge on any atom is 0.250 e. The molecule has 1 aliphatic heterocycles. The lowest BCUT2D eigenvalue weighted by atomic mass is 10.1. The molecular formula is C21H24N4O. The van der Waals surface area contributed by atoms with Crippen LogP contribution < -0.4 is 5.73 Å². The van der Waals surface area contributed by atoms with Crippen molar-refractivity contribution in [2.24, 2.45) is 5.73 Å². The minimum Gasteiger partial charge on any atom is -0.366 e. The number of carbonyl (C=O) groups is 1. The van der Waals surface area contributed by atoms with Gasteiger partial charge < -0.3 is 15.6 Å². The summed E-state index contributed by atoms with van der Waals surface area (Å²) in [6, 6.07) is 14.3. The monoisotopic (exact) mass is 348 g/mol. The molecule has 3 N–H and O–H groups in total. The number of nitrogens with one attached hydrogen (secondary N) is 1. The van der Waals surface area contributed by atoms with Gasteiger partial charge in [-0.15, -0.1) is 0 Å². The Morgan fingerprint density at radius 3 is 2.85 bits per heavy atom. The number of carbonyl (C=O) groups excluding carboxylic acids is 1. The summed E-state index contributed by atoms with van der Waals surface area (Å²) in [6.07, 6.45) is 2.15. The van der Waals surface area contributed by atoms with Crippen LogP contribution in [0.3, 0.4) is 0 Å². The van der Waals surface area contributed by atoms with E-state index in [0.717, 1.165) is 49.3 Å². The first kappa shape index (κ1) is 16.8. The predicted octanol–water partition coefficient (Wildman–Crippen LogP) is 3.00. The van der Waals surface area contributed by atoms with Crippen LogP contribution in [0, 0.1) is 6.92 Å². The van der Waals surface area contributed by atoms with Gasteiger partial charge in [0.25, 0.3) is 5.91 Å². The fraction of sp³-hybridized carbons (Fsp3) is 0.333. The molecule has 1 aromatic heterocycles. The van der Waals surface area contributed by atoms with Crippen molar-refractivity contribution < 1.29 is 4.79 Å². The Kier molecular flexibility index (Phi) is 4.47. The number of likely N-dealkylation sites (tertiary alicyclic amines) is 1. The van der Waals surface area contributed by atoms with Crippen LogP contribution >= 0.6 is 0 Å². The lowest BCUT2D eigenvalue weighted by Crippen LogP contribution is -2.23. The molecule has 0 spiro atoms. The molecule has 134 valence electrons. The van der Waals surface area contributed by atoms with E-state index in [2.05, 4.69) is 41.1 Å². The van der Waals surface area contributed by atoms with Crippen molar-refractivity contribution in [1.29, 1.82) is 0 Å². The molecular weight excluding hydrogens is 324 g/mol. The number of nitrogens with zero attached hydrogens (tertiary/aromatic N) is 2. The van der Waals surface area contributed by atoms with Crippen LogP contribution in [0.25, 0.3) is 11.0 Å². The summed E-state index contributed by atoms with van der Waals surface area (Å²) in [4.78, 5) is 22.2. The van der Waals surface area contributed by atoms with Gasteiger partial charge in [0, 0.05) is 19.0 Å². The van der Waals surface area contributed by atoms with Crippen LogP contribution in [0.1, 0.15) is 39.6 Å². The Morgan fingerprint density at radius 1 is 1.27 bits per heavy atom. The molecule has 1 amide bonds. The highest BCUT2D eigenvalue weighted by Crippen LogP contribution is 2.28. The number of hydrogen-bond donors (Lipinski definition) is 2. The number of aromatic amines is 1. The summed E-state index contributed by atoms with van der Waals surface area (Å²) >= 11 is 0. The second-order valence-corrected chi connectivity index (χ2v) is 7.21. The molecule has 26 heavy (non-hydrogen) atoms. The van der Waals surface area contributed by atoms with E-state index in [0.29, 0.717) is 11.5 Å². The van der Waals surface area contributed by atoms with Crippen molar-refractivity contribution in [2.75, 3.05) is 19.6 Å². The number of nitrogens with two attached hydrogens (primary N) is 1. The summed E-state index contributed by atoms with van der Waals surface area (Å²) in [5.41, 5.74) is 10.2. The Balaban J connectivity index is 1.43. The van der Waals surface area contributed by atoms with Crippen LogP contribution in [0.4, 0.5) is 0 Å². The van der Waals surface area contributed by atoms with Gasteiger partial charge in [0.05, 0.1) is 16.6 Å². The Hall–Kier alpha value is -2.66. The lowest BCUT2D eigenvalue weighted by molar-refractivity contribution is 0.100. The van der Waals surface area contributed by atoms with Gasteiger partial charge >= 0.3 is 0 Å². The summed E-state index contributed by atoms with van der Waals surface area (Å²) < 4.78 is 0. The topological polar surface area (TPSA) is 75.0 Å². The highest BCUT2D eigenvalue weighted by Gasteiger charge is 2.26. The molecule has 1 fully saturated rings. The van der Waals surface area contributed by atoms with Gasteiger partial charge in [0.15, 0.2) is 0 Å². The maximum atomic E-state index is 11.6. The van der Waals surface area contributed by atoms with Crippen molar-refractivity contribution in [3.05, 3.63) is 65.0 Å². The predicted molar refractivity (Wildman–Crippen MR) is 103 cm³/mol. The third kappa shape index (κ3) is 3.35. The standard InChI is InChI=1S/C21H24N4O/c1-14-5-7-15(8-6-14)9-11-25-12-10-16(13-25)21-23-18-4-2-3-17(20(22)26)19(18)24-21/h2-8,16H,9-13H2,1H3,(H2,22,26)(H,23,24). The van der Waals surface area contributed by atoms with Crippen molar-refractivity contribution in [3.8, 4) is 0 Å². The molecule has 0 bridgehead atoms. The van der Waals surface area contributed by atoms with Gasteiger partial charge in [-0.2, -0.15) is 0 Å². The molecule has 5 heteroatoms. The van der Waals surface area contributed by atoms with E-state index >= 15 is 0 Å². The van der Waals surface area contributed by atoms with E-state index in [9.17, 15) is 4.79 Å². The van der Waals surface area contributed by atoms with E-state index in [1.165, 1.54) is 11.1 Å². The van der Waals surface area contributed by atoms with E-state index < -0.39 is 5.91 Å². The largest absolute Gasteiger partial charge is 0.366 e. The van der Waals surface area contributed by atoms with Crippen LogP contribution in [0.5, 0.6) is 0 Å². The average molecular weight is 348 g/mol. The Morgan fingerprint density at radius 2 is 2.08 bits per heavy atom. The first-order valence-corrected chi connectivity index (χ1v) is 9.16. The first-order valence-electron chi connectivity index (χ1n) is 9.16. The third-order valence-corrected chi connectivity index (χ3v) is 5.30. The van der Waals surface area contributed by atoms with E-state index in [4.69, 9.17) is 10.7 Å². The van der Waals surface area contributed by atoms with Crippen molar-refractivity contribution in [3.63, 3.8) is 0 Å². The summed E-state index contributed by atoms with van der Waals surface area (Å²) in [5, 5.41) is 0. The highest BCUT2D eigenvalue weighted by molar-refractivity contribution is 6.04. The number of rotatable bonds is 5. The molecule has 1 unspecified atom stereocenters. The van der Waals surface area contributed by atoms with Gasteiger partial charge in [-0.05, 0) is 44.0 Å². The van der Waals surface area contributed by atoms with Gasteiger partial charge in [-0.1, -0.05) is 35.9 Å². The highest BCUT2D eigenvalue weighted by atomic mass is 16.1. The third-order valence-electron chi connectivity index (χ3n) is 5.30. The van der Waals surface area contributed by atoms with E-state index in [1.54, 1.807) is 6.07 Å². The normalized spacial score (nSPS) is 17.8. The number of aromatic nitrogens is 2. The molecule has 2 aromatic carbocycles. The van der Waals surface area contributed by atoms with Crippen LogP contribution in [0.2, 0.25) is 0 Å². The number of amides is 1. The van der Waals surface area contributed by atoms with Crippen molar-refractivity contribution >= 4 is 16.9 Å². The number of H-pyrrole nitrogens is 1. The van der Waals surface area contributed by atoms with Crippen molar-refractivity contribution in [1.82, 2.24) is 14.9 Å². The number of aryl methyl sites for hydroxylation is 1. The molecule has 3 aromatic rings. The fourth-order valence-corrected chi connectivity index (χ4v) is 3.75. The molecule has 1 atom stereocenters. The fourth-order valence-electron chi connectivity index (χ4n) is 3.75. The lowest BCUT2D eigenvalue weighted by Gasteiger charge is -2.15. The van der Waals surface area contributed by atoms with Gasteiger partial charge in [0.1, 0.15) is 5.82 Å². The quantitative estimate of drug-likeness (QED) is 0.744. The zero-order chi connectivity index (χ0) is 18.1. The number of primary amides is 1. The molecule has 0 saturated carbocycles. The molecule has 0 radical (unpaired) electrons. The minimum absolute atomic E-state index is 0.376. The molecule has 2 heterocycles. The number of fused-ring (bicyclic) bond motifs is 1. The van der Waals surface area contributed by atoms with E-state index in [-0.39, 0.29) is 0 Å². The van der Waals surface area contributed by atoms with Crippen molar-refractivity contribution in [2.45, 2.75) is 25.7 Å². The summed E-state index contributed by atoms with van der Waals surface area (Å²) in [6.45, 7) is 5.26. The Bertz CT molecular complexity index is 929. The summed E-state index contributed by atoms with van der Waals surface area (Å²) in [7, 11) is 0. The molecule has 5 nitrogen and oxygen atoms in total. The molecule has 1 aliphatic rings. The number of imidazole rings is 1. The smallest absolute Gasteiger partial charge is 0.250 e. The number of benzene rings is 2. The van der Waals surface area contributed by atoms with Gasteiger partial charge in [-0.25, -0.2) is 4.98 Å². The minimum atomic E-state index is -0.419. The number of para-hydroxylation sites is 1. The number of hydrogen-bond acceptors (Lipinski definition) is 3. The van der Waals surface area contributed by atoms with Crippen LogP contribution in [-0.4, -0.2) is 40.4 Å². The van der Waals surface area contributed by atoms with Crippen LogP contribution in [0.15, 0.2) is 42.5 Å². The SMILES string of the molecule is Cc1ccc(CCN2CCC(c3nc4cccc(C(N)=O)c4[nH]3)C2)cc1. The van der Waals surface area contributed by atoms with Crippen LogP contribution in [-0.2, 0) is 6.42 Å². The van der Waals surface area contributed by atoms with Gasteiger partial charge in [-0.3, -0.25) is 4.79 Å². The summed E-state index contributed by atoms with van der Waals surface area (Å²) in [5.74, 6) is 0.921. The Labute approximate surface area is 153 Å². The maximum absolute atomic E-state index is 11.6. The molecule has 1 saturated heterocycles. The van der Waals surface area contributed by atoms with E-state index in [1.807, 2.05) is 12.1 Å². The zero-order valence-corrected chi connectivity index (χ0v) is 15.0.